The van der Waals surface area contributed by atoms with Crippen LogP contribution in [0.5, 0.6) is 0 Å². The summed E-state index contributed by atoms with van der Waals surface area (Å²) >= 11 is 0. The summed E-state index contributed by atoms with van der Waals surface area (Å²) in [6.45, 7) is 2.09. The van der Waals surface area contributed by atoms with Gasteiger partial charge in [0.2, 0.25) is 5.56 Å². The number of amides is 1. The molecule has 19 heavy (non-hydrogen) atoms. The van der Waals surface area contributed by atoms with Gasteiger partial charge < -0.3 is 9.88 Å². The number of hydrogen-bond donors (Lipinski definition) is 1. The SMILES string of the molecule is CC(C)CN(CC(F)(F)F)C(=O)c1cc[nH]c(=O)c1. The molecule has 0 saturated heterocycles. The molecule has 0 spiro atoms. The summed E-state index contributed by atoms with van der Waals surface area (Å²) < 4.78 is 37.3. The van der Waals surface area contributed by atoms with E-state index in [9.17, 15) is 22.8 Å². The van der Waals surface area contributed by atoms with E-state index in [0.717, 1.165) is 6.07 Å². The first-order valence-corrected chi connectivity index (χ1v) is 5.74. The monoisotopic (exact) mass is 276 g/mol. The number of carbonyl (C=O) groups is 1. The second-order valence-electron chi connectivity index (χ2n) is 4.64. The van der Waals surface area contributed by atoms with Crippen molar-refractivity contribution >= 4 is 5.91 Å². The standard InChI is InChI=1S/C12H15F3N2O2/c1-8(2)6-17(7-12(13,14)15)11(19)9-3-4-16-10(18)5-9/h3-5,8H,6-7H2,1-2H3,(H,16,18). The van der Waals surface area contributed by atoms with E-state index in [1.807, 2.05) is 0 Å². The van der Waals surface area contributed by atoms with Crippen LogP contribution in [0.25, 0.3) is 0 Å². The average molecular weight is 276 g/mol. The first-order chi connectivity index (χ1) is 8.69. The summed E-state index contributed by atoms with van der Waals surface area (Å²) in [5.41, 5.74) is -0.573. The quantitative estimate of drug-likeness (QED) is 0.915. The Hall–Kier alpha value is -1.79. The fourth-order valence-electron chi connectivity index (χ4n) is 1.64. The molecule has 0 aromatic carbocycles. The zero-order chi connectivity index (χ0) is 14.6. The lowest BCUT2D eigenvalue weighted by atomic mass is 10.1. The molecule has 106 valence electrons. The highest BCUT2D eigenvalue weighted by Crippen LogP contribution is 2.18. The number of nitrogens with zero attached hydrogens (tertiary/aromatic N) is 1. The van der Waals surface area contributed by atoms with E-state index in [4.69, 9.17) is 0 Å². The molecule has 1 amide bonds. The van der Waals surface area contributed by atoms with E-state index in [-0.39, 0.29) is 18.0 Å². The Kier molecular flexibility index (Phi) is 4.74. The lowest BCUT2D eigenvalue weighted by Gasteiger charge is -2.25. The number of rotatable bonds is 4. The molecule has 0 aliphatic rings. The van der Waals surface area contributed by atoms with Gasteiger partial charge in [0.15, 0.2) is 0 Å². The summed E-state index contributed by atoms with van der Waals surface area (Å²) in [6, 6.07) is 2.28. The maximum absolute atomic E-state index is 12.4. The summed E-state index contributed by atoms with van der Waals surface area (Å²) in [4.78, 5) is 26.1. The lowest BCUT2D eigenvalue weighted by molar-refractivity contribution is -0.141. The fourth-order valence-corrected chi connectivity index (χ4v) is 1.64. The van der Waals surface area contributed by atoms with Crippen molar-refractivity contribution in [1.29, 1.82) is 0 Å². The summed E-state index contributed by atoms with van der Waals surface area (Å²) in [7, 11) is 0. The van der Waals surface area contributed by atoms with Gasteiger partial charge in [0, 0.05) is 24.4 Å². The highest BCUT2D eigenvalue weighted by Gasteiger charge is 2.33. The van der Waals surface area contributed by atoms with Crippen molar-refractivity contribution in [3.8, 4) is 0 Å². The van der Waals surface area contributed by atoms with E-state index in [1.54, 1.807) is 13.8 Å². The number of H-pyrrole nitrogens is 1. The molecule has 1 heterocycles. The van der Waals surface area contributed by atoms with Gasteiger partial charge in [0.1, 0.15) is 6.54 Å². The first kappa shape index (κ1) is 15.3. The molecule has 1 aromatic rings. The number of hydrogen-bond acceptors (Lipinski definition) is 2. The van der Waals surface area contributed by atoms with Crippen molar-refractivity contribution in [2.75, 3.05) is 13.1 Å². The molecule has 0 unspecified atom stereocenters. The van der Waals surface area contributed by atoms with Crippen molar-refractivity contribution in [2.24, 2.45) is 5.92 Å². The molecular formula is C12H15F3N2O2. The minimum absolute atomic E-state index is 0.0227. The van der Waals surface area contributed by atoms with Crippen LogP contribution in [-0.2, 0) is 0 Å². The second-order valence-corrected chi connectivity index (χ2v) is 4.64. The highest BCUT2D eigenvalue weighted by molar-refractivity contribution is 5.94. The Labute approximate surface area is 108 Å². The fraction of sp³-hybridized carbons (Fsp3) is 0.500. The summed E-state index contributed by atoms with van der Waals surface area (Å²) in [5.74, 6) is -0.898. The predicted molar refractivity (Wildman–Crippen MR) is 63.9 cm³/mol. The first-order valence-electron chi connectivity index (χ1n) is 5.74. The number of carbonyl (C=O) groups excluding carboxylic acids is 1. The Morgan fingerprint density at radius 2 is 2.05 bits per heavy atom. The third-order valence-corrected chi connectivity index (χ3v) is 2.26. The average Bonchev–Trinajstić information content (AvgIpc) is 2.24. The van der Waals surface area contributed by atoms with Gasteiger partial charge in [0.05, 0.1) is 0 Å². The maximum Gasteiger partial charge on any atom is 0.406 e. The van der Waals surface area contributed by atoms with Crippen molar-refractivity contribution in [1.82, 2.24) is 9.88 Å². The Balaban J connectivity index is 2.97. The molecule has 0 aliphatic carbocycles. The zero-order valence-corrected chi connectivity index (χ0v) is 10.6. The third-order valence-electron chi connectivity index (χ3n) is 2.26. The van der Waals surface area contributed by atoms with Crippen LogP contribution in [0.1, 0.15) is 24.2 Å². The number of nitrogens with one attached hydrogen (secondary N) is 1. The Morgan fingerprint density at radius 3 is 2.53 bits per heavy atom. The van der Waals surface area contributed by atoms with Gasteiger partial charge in [-0.25, -0.2) is 0 Å². The molecule has 7 heteroatoms. The maximum atomic E-state index is 12.4. The van der Waals surface area contributed by atoms with Crippen LogP contribution in [-0.4, -0.2) is 35.1 Å². The van der Waals surface area contributed by atoms with Crippen molar-refractivity contribution in [3.63, 3.8) is 0 Å². The summed E-state index contributed by atoms with van der Waals surface area (Å²) in [5, 5.41) is 0. The molecule has 0 bridgehead atoms. The third kappa shape index (κ3) is 5.15. The van der Waals surface area contributed by atoms with Crippen LogP contribution in [0.15, 0.2) is 23.1 Å². The van der Waals surface area contributed by atoms with Crippen LogP contribution in [0.3, 0.4) is 0 Å². The van der Waals surface area contributed by atoms with Gasteiger partial charge in [-0.1, -0.05) is 13.8 Å². The van der Waals surface area contributed by atoms with E-state index in [2.05, 4.69) is 4.98 Å². The normalized spacial score (nSPS) is 11.7. The van der Waals surface area contributed by atoms with Crippen LogP contribution >= 0.6 is 0 Å². The van der Waals surface area contributed by atoms with E-state index in [0.29, 0.717) is 4.90 Å². The topological polar surface area (TPSA) is 53.2 Å². The molecule has 1 aromatic heterocycles. The van der Waals surface area contributed by atoms with E-state index < -0.39 is 24.2 Å². The van der Waals surface area contributed by atoms with Gasteiger partial charge in [-0.05, 0) is 12.0 Å². The van der Waals surface area contributed by atoms with Gasteiger partial charge in [0.25, 0.3) is 5.91 Å². The minimum atomic E-state index is -4.47. The van der Waals surface area contributed by atoms with Gasteiger partial charge in [-0.3, -0.25) is 9.59 Å². The molecule has 0 atom stereocenters. The number of halogens is 3. The van der Waals surface area contributed by atoms with Gasteiger partial charge in [-0.15, -0.1) is 0 Å². The van der Waals surface area contributed by atoms with Crippen molar-refractivity contribution in [2.45, 2.75) is 20.0 Å². The van der Waals surface area contributed by atoms with Gasteiger partial charge >= 0.3 is 6.18 Å². The number of pyridine rings is 1. The Bertz CT molecular complexity index is 494. The second kappa shape index (κ2) is 5.90. The minimum Gasteiger partial charge on any atom is -0.329 e. The van der Waals surface area contributed by atoms with Gasteiger partial charge in [-0.2, -0.15) is 13.2 Å². The van der Waals surface area contributed by atoms with Crippen LogP contribution < -0.4 is 5.56 Å². The predicted octanol–water partition coefficient (Wildman–Crippen LogP) is 2.04. The molecule has 4 nitrogen and oxygen atoms in total. The largest absolute Gasteiger partial charge is 0.406 e. The number of alkyl halides is 3. The van der Waals surface area contributed by atoms with E-state index in [1.165, 1.54) is 12.3 Å². The van der Waals surface area contributed by atoms with E-state index >= 15 is 0 Å². The van der Waals surface area contributed by atoms with Crippen LogP contribution in [0.4, 0.5) is 13.2 Å². The molecule has 0 aliphatic heterocycles. The molecular weight excluding hydrogens is 261 g/mol. The molecule has 0 radical (unpaired) electrons. The van der Waals surface area contributed by atoms with Crippen LogP contribution in [0, 0.1) is 5.92 Å². The van der Waals surface area contributed by atoms with Crippen molar-refractivity contribution in [3.05, 3.63) is 34.2 Å². The Morgan fingerprint density at radius 1 is 1.42 bits per heavy atom. The zero-order valence-electron chi connectivity index (χ0n) is 10.6. The molecule has 1 rings (SSSR count). The van der Waals surface area contributed by atoms with Crippen LogP contribution in [0.2, 0.25) is 0 Å². The van der Waals surface area contributed by atoms with Crippen molar-refractivity contribution < 1.29 is 18.0 Å². The smallest absolute Gasteiger partial charge is 0.329 e. The molecule has 0 fully saturated rings. The highest BCUT2D eigenvalue weighted by atomic mass is 19.4. The number of aromatic nitrogens is 1. The summed E-state index contributed by atoms with van der Waals surface area (Å²) in [6.07, 6.45) is -3.23. The number of aromatic amines is 1. The molecule has 1 N–H and O–H groups in total. The lowest BCUT2D eigenvalue weighted by Crippen LogP contribution is -2.41. The molecule has 0 saturated carbocycles.